The molecule has 1 aromatic heterocycles. The Hall–Kier alpha value is -1.18. The first kappa shape index (κ1) is 7.47. The Labute approximate surface area is 71.7 Å². The highest BCUT2D eigenvalue weighted by molar-refractivity contribution is 5.38. The van der Waals surface area contributed by atoms with Gasteiger partial charge in [0.15, 0.2) is 0 Å². The maximum absolute atomic E-state index is 4.23. The van der Waals surface area contributed by atoms with Gasteiger partial charge in [-0.3, -0.25) is 0 Å². The largest absolute Gasteiger partial charge is 0.241 e. The van der Waals surface area contributed by atoms with Crippen LogP contribution in [0, 0.1) is 12.8 Å². The van der Waals surface area contributed by atoms with Crippen LogP contribution in [-0.4, -0.2) is 9.97 Å². The van der Waals surface area contributed by atoms with E-state index in [2.05, 4.69) is 29.0 Å². The summed E-state index contributed by atoms with van der Waals surface area (Å²) in [4.78, 5) is 8.39. The van der Waals surface area contributed by atoms with E-state index in [-0.39, 0.29) is 0 Å². The first-order chi connectivity index (χ1) is 5.77. The number of hydrogen-bond donors (Lipinski definition) is 0. The lowest BCUT2D eigenvalue weighted by molar-refractivity contribution is 0.790. The van der Waals surface area contributed by atoms with Crippen LogP contribution in [0.4, 0.5) is 0 Å². The van der Waals surface area contributed by atoms with Gasteiger partial charge in [-0.15, -0.1) is 0 Å². The van der Waals surface area contributed by atoms with Crippen LogP contribution in [0.2, 0.25) is 0 Å². The predicted octanol–water partition coefficient (Wildman–Crippen LogP) is 0.386. The van der Waals surface area contributed by atoms with E-state index < -0.39 is 0 Å². The van der Waals surface area contributed by atoms with Crippen molar-refractivity contribution in [2.75, 3.05) is 0 Å². The molecule has 2 rings (SSSR count). The van der Waals surface area contributed by atoms with Crippen molar-refractivity contribution >= 4 is 12.2 Å². The summed E-state index contributed by atoms with van der Waals surface area (Å²) in [5.41, 5.74) is 1.09. The Kier molecular flexibility index (Phi) is 1.68. The molecule has 0 bridgehead atoms. The summed E-state index contributed by atoms with van der Waals surface area (Å²) in [6, 6.07) is 0. The normalized spacial score (nSPS) is 20.7. The second kappa shape index (κ2) is 2.70. The summed E-state index contributed by atoms with van der Waals surface area (Å²) >= 11 is 0. The third-order valence-electron chi connectivity index (χ3n) is 2.25. The number of hydrogen-bond acceptors (Lipinski definition) is 2. The molecule has 0 saturated heterocycles. The Morgan fingerprint density at radius 1 is 1.42 bits per heavy atom. The fraction of sp³-hybridized carbons (Fsp3) is 0.400. The second-order valence-corrected chi connectivity index (χ2v) is 3.34. The fourth-order valence-corrected chi connectivity index (χ4v) is 1.53. The monoisotopic (exact) mass is 160 g/mol. The molecule has 1 aromatic rings. The summed E-state index contributed by atoms with van der Waals surface area (Å²) in [5, 5.41) is 2.32. The lowest BCUT2D eigenvalue weighted by Crippen LogP contribution is -2.34. The zero-order valence-electron chi connectivity index (χ0n) is 7.41. The minimum atomic E-state index is 0.617. The highest BCUT2D eigenvalue weighted by atomic mass is 14.8. The molecule has 0 saturated carbocycles. The molecule has 1 atom stereocenters. The fourth-order valence-electron chi connectivity index (χ4n) is 1.53. The van der Waals surface area contributed by atoms with Crippen LogP contribution >= 0.6 is 0 Å². The van der Waals surface area contributed by atoms with E-state index in [1.807, 2.05) is 6.92 Å². The van der Waals surface area contributed by atoms with Gasteiger partial charge in [0.2, 0.25) is 0 Å². The molecular formula is C10H12N2. The van der Waals surface area contributed by atoms with Gasteiger partial charge in [-0.2, -0.15) is 0 Å². The van der Waals surface area contributed by atoms with E-state index in [0.717, 1.165) is 17.5 Å². The van der Waals surface area contributed by atoms with Crippen molar-refractivity contribution < 1.29 is 0 Å². The van der Waals surface area contributed by atoms with Crippen molar-refractivity contribution in [1.29, 1.82) is 0 Å². The summed E-state index contributed by atoms with van der Waals surface area (Å²) < 4.78 is 0. The molecule has 1 unspecified atom stereocenters. The highest BCUT2D eigenvalue weighted by Gasteiger charge is 2.03. The van der Waals surface area contributed by atoms with E-state index in [9.17, 15) is 0 Å². The first-order valence-electron chi connectivity index (χ1n) is 4.27. The molecule has 0 fully saturated rings. The van der Waals surface area contributed by atoms with Crippen LogP contribution < -0.4 is 10.6 Å². The minimum absolute atomic E-state index is 0.617. The van der Waals surface area contributed by atoms with E-state index in [4.69, 9.17) is 0 Å². The molecule has 2 heteroatoms. The average molecular weight is 160 g/mol. The van der Waals surface area contributed by atoms with Crippen molar-refractivity contribution in [2.24, 2.45) is 5.92 Å². The maximum Gasteiger partial charge on any atom is 0.116 e. The summed E-state index contributed by atoms with van der Waals surface area (Å²) in [5.74, 6) is 0.617. The van der Waals surface area contributed by atoms with E-state index in [0.29, 0.717) is 5.92 Å². The van der Waals surface area contributed by atoms with Gasteiger partial charge in [-0.1, -0.05) is 19.1 Å². The van der Waals surface area contributed by atoms with Gasteiger partial charge in [0.25, 0.3) is 0 Å². The van der Waals surface area contributed by atoms with Gasteiger partial charge in [0.05, 0.1) is 5.35 Å². The second-order valence-electron chi connectivity index (χ2n) is 3.34. The number of fused-ring (bicyclic) bond motifs is 1. The van der Waals surface area contributed by atoms with E-state index in [1.54, 1.807) is 6.33 Å². The molecule has 1 aliphatic rings. The molecule has 0 radical (unpaired) electrons. The lowest BCUT2D eigenvalue weighted by Gasteiger charge is -2.07. The molecule has 0 aromatic carbocycles. The van der Waals surface area contributed by atoms with Crippen LogP contribution in [0.25, 0.3) is 12.2 Å². The maximum atomic E-state index is 4.23. The lowest BCUT2D eigenvalue weighted by atomic mass is 10.0. The molecule has 0 aliphatic heterocycles. The molecular weight excluding hydrogens is 148 g/mol. The quantitative estimate of drug-likeness (QED) is 0.548. The van der Waals surface area contributed by atoms with Crippen molar-refractivity contribution in [3.63, 3.8) is 0 Å². The van der Waals surface area contributed by atoms with Gasteiger partial charge < -0.3 is 0 Å². The molecule has 0 spiro atoms. The van der Waals surface area contributed by atoms with Crippen LogP contribution in [0.3, 0.4) is 0 Å². The van der Waals surface area contributed by atoms with Crippen LogP contribution in [0.5, 0.6) is 0 Å². The molecule has 1 heterocycles. The summed E-state index contributed by atoms with van der Waals surface area (Å²) in [6.45, 7) is 4.23. The molecule has 1 aliphatic carbocycles. The van der Waals surface area contributed by atoms with Crippen molar-refractivity contribution in [3.05, 3.63) is 22.6 Å². The molecule has 0 amide bonds. The summed E-state index contributed by atoms with van der Waals surface area (Å²) in [6.07, 6.45) is 7.19. The number of aromatic nitrogens is 2. The third kappa shape index (κ3) is 1.13. The molecule has 0 N–H and O–H groups in total. The molecule has 62 valence electrons. The van der Waals surface area contributed by atoms with Gasteiger partial charge in [-0.25, -0.2) is 9.97 Å². The smallest absolute Gasteiger partial charge is 0.116 e. The zero-order valence-corrected chi connectivity index (χ0v) is 7.41. The number of aryl methyl sites for hydroxylation is 1. The van der Waals surface area contributed by atoms with E-state index in [1.165, 1.54) is 5.22 Å². The Morgan fingerprint density at radius 2 is 2.25 bits per heavy atom. The van der Waals surface area contributed by atoms with Crippen LogP contribution in [0.1, 0.15) is 19.0 Å². The number of nitrogens with zero attached hydrogens (tertiary/aromatic N) is 2. The Morgan fingerprint density at radius 3 is 3.08 bits per heavy atom. The van der Waals surface area contributed by atoms with Crippen molar-refractivity contribution in [3.8, 4) is 0 Å². The predicted molar refractivity (Wildman–Crippen MR) is 48.7 cm³/mol. The van der Waals surface area contributed by atoms with Gasteiger partial charge in [-0.05, 0) is 19.3 Å². The first-order valence-corrected chi connectivity index (χ1v) is 4.27. The SMILES string of the molecule is Cc1ncnc2c1=CCC(C)C=2. The Balaban J connectivity index is 2.78. The summed E-state index contributed by atoms with van der Waals surface area (Å²) in [7, 11) is 0. The van der Waals surface area contributed by atoms with Gasteiger partial charge in [0.1, 0.15) is 6.33 Å². The molecule has 2 nitrogen and oxygen atoms in total. The highest BCUT2D eigenvalue weighted by Crippen LogP contribution is 2.05. The van der Waals surface area contributed by atoms with Crippen molar-refractivity contribution in [1.82, 2.24) is 9.97 Å². The topological polar surface area (TPSA) is 25.8 Å². The van der Waals surface area contributed by atoms with Gasteiger partial charge >= 0.3 is 0 Å². The average Bonchev–Trinajstić information content (AvgIpc) is 2.04. The number of rotatable bonds is 0. The Bertz CT molecular complexity index is 406. The van der Waals surface area contributed by atoms with Crippen LogP contribution in [0.15, 0.2) is 6.33 Å². The van der Waals surface area contributed by atoms with Gasteiger partial charge in [0, 0.05) is 10.9 Å². The minimum Gasteiger partial charge on any atom is -0.241 e. The zero-order chi connectivity index (χ0) is 8.55. The van der Waals surface area contributed by atoms with E-state index >= 15 is 0 Å². The third-order valence-corrected chi connectivity index (χ3v) is 2.25. The van der Waals surface area contributed by atoms with Crippen LogP contribution in [-0.2, 0) is 0 Å². The standard InChI is InChI=1S/C10H12N2/c1-7-3-4-9-8(2)11-6-12-10(9)5-7/h4-7H,3H2,1-2H3. The molecule has 12 heavy (non-hydrogen) atoms. The van der Waals surface area contributed by atoms with Crippen molar-refractivity contribution in [2.45, 2.75) is 20.3 Å².